The number of hydrogen-bond donors (Lipinski definition) is 0. The van der Waals surface area contributed by atoms with E-state index in [-0.39, 0.29) is 5.69 Å². The SMILES string of the molecule is Cc1ccc([C@H](C)N=[N+]=[N-])cc1[N+](=O)[O-]. The van der Waals surface area contributed by atoms with Gasteiger partial charge in [0.2, 0.25) is 0 Å². The van der Waals surface area contributed by atoms with Crippen LogP contribution in [0.5, 0.6) is 0 Å². The van der Waals surface area contributed by atoms with Crippen LogP contribution in [0.4, 0.5) is 5.69 Å². The molecule has 1 rings (SSSR count). The van der Waals surface area contributed by atoms with Crippen LogP contribution in [-0.2, 0) is 0 Å². The zero-order valence-electron chi connectivity index (χ0n) is 8.41. The number of nitrogens with zero attached hydrogens (tertiary/aromatic N) is 4. The molecule has 1 aromatic rings. The Bertz CT molecular complexity index is 438. The van der Waals surface area contributed by atoms with Crippen molar-refractivity contribution in [2.75, 3.05) is 0 Å². The summed E-state index contributed by atoms with van der Waals surface area (Å²) in [5, 5.41) is 14.1. The molecule has 0 spiro atoms. The summed E-state index contributed by atoms with van der Waals surface area (Å²) in [7, 11) is 0. The molecule has 0 radical (unpaired) electrons. The van der Waals surface area contributed by atoms with E-state index in [1.54, 1.807) is 26.0 Å². The van der Waals surface area contributed by atoms with Crippen LogP contribution in [0.3, 0.4) is 0 Å². The number of azide groups is 1. The van der Waals surface area contributed by atoms with Crippen LogP contribution in [0.25, 0.3) is 10.4 Å². The molecule has 0 fully saturated rings. The first-order valence-corrected chi connectivity index (χ1v) is 4.35. The maximum Gasteiger partial charge on any atom is 0.272 e. The Morgan fingerprint density at radius 1 is 1.60 bits per heavy atom. The zero-order valence-corrected chi connectivity index (χ0v) is 8.41. The van der Waals surface area contributed by atoms with Crippen LogP contribution in [0.1, 0.15) is 24.1 Å². The lowest BCUT2D eigenvalue weighted by molar-refractivity contribution is -0.385. The highest BCUT2D eigenvalue weighted by atomic mass is 16.6. The smallest absolute Gasteiger partial charge is 0.258 e. The van der Waals surface area contributed by atoms with Gasteiger partial charge in [-0.1, -0.05) is 24.2 Å². The Hall–Kier alpha value is -2.07. The van der Waals surface area contributed by atoms with E-state index < -0.39 is 11.0 Å². The van der Waals surface area contributed by atoms with Crippen molar-refractivity contribution in [2.24, 2.45) is 5.11 Å². The lowest BCUT2D eigenvalue weighted by Gasteiger charge is -2.05. The summed E-state index contributed by atoms with van der Waals surface area (Å²) in [6.45, 7) is 3.36. The topological polar surface area (TPSA) is 91.9 Å². The van der Waals surface area contributed by atoms with Crippen LogP contribution in [0, 0.1) is 17.0 Å². The summed E-state index contributed by atoms with van der Waals surface area (Å²) in [6, 6.07) is 4.42. The van der Waals surface area contributed by atoms with Crippen LogP contribution in [-0.4, -0.2) is 4.92 Å². The van der Waals surface area contributed by atoms with Gasteiger partial charge in [-0.2, -0.15) is 0 Å². The van der Waals surface area contributed by atoms with Crippen molar-refractivity contribution in [1.82, 2.24) is 0 Å². The summed E-state index contributed by atoms with van der Waals surface area (Å²) in [5.74, 6) is 0. The molecule has 0 aliphatic heterocycles. The molecule has 1 aromatic carbocycles. The quantitative estimate of drug-likeness (QED) is 0.249. The first kappa shape index (κ1) is 11.0. The number of nitro benzene ring substituents is 1. The molecule has 0 aromatic heterocycles. The van der Waals surface area contributed by atoms with Crippen molar-refractivity contribution in [1.29, 1.82) is 0 Å². The second-order valence-corrected chi connectivity index (χ2v) is 3.18. The Labute approximate surface area is 86.3 Å². The van der Waals surface area contributed by atoms with Crippen molar-refractivity contribution < 1.29 is 4.92 Å². The van der Waals surface area contributed by atoms with Gasteiger partial charge >= 0.3 is 0 Å². The highest BCUT2D eigenvalue weighted by molar-refractivity contribution is 5.43. The lowest BCUT2D eigenvalue weighted by atomic mass is 10.1. The van der Waals surface area contributed by atoms with E-state index in [0.717, 1.165) is 0 Å². The van der Waals surface area contributed by atoms with Gasteiger partial charge in [-0.15, -0.1) is 0 Å². The Morgan fingerprint density at radius 2 is 2.27 bits per heavy atom. The summed E-state index contributed by atoms with van der Waals surface area (Å²) in [4.78, 5) is 12.9. The summed E-state index contributed by atoms with van der Waals surface area (Å²) < 4.78 is 0. The van der Waals surface area contributed by atoms with Gasteiger partial charge in [-0.05, 0) is 18.0 Å². The van der Waals surface area contributed by atoms with E-state index in [1.807, 2.05) is 0 Å². The molecule has 0 saturated heterocycles. The average Bonchev–Trinajstić information content (AvgIpc) is 2.18. The van der Waals surface area contributed by atoms with Gasteiger partial charge in [-0.25, -0.2) is 0 Å². The van der Waals surface area contributed by atoms with Gasteiger partial charge in [0.25, 0.3) is 5.69 Å². The molecule has 0 amide bonds. The highest BCUT2D eigenvalue weighted by Gasteiger charge is 2.13. The first-order valence-electron chi connectivity index (χ1n) is 4.35. The van der Waals surface area contributed by atoms with Crippen molar-refractivity contribution in [2.45, 2.75) is 19.9 Å². The second kappa shape index (κ2) is 4.43. The number of rotatable bonds is 3. The highest BCUT2D eigenvalue weighted by Crippen LogP contribution is 2.24. The van der Waals surface area contributed by atoms with E-state index >= 15 is 0 Å². The van der Waals surface area contributed by atoms with Gasteiger partial charge in [0.1, 0.15) is 0 Å². The number of aryl methyl sites for hydroxylation is 1. The normalized spacial score (nSPS) is 11.6. The summed E-state index contributed by atoms with van der Waals surface area (Å²) in [6.07, 6.45) is 0. The predicted octanol–water partition coefficient (Wildman–Crippen LogP) is 3.27. The standard InChI is InChI=1S/C9H10N4O2/c1-6-3-4-8(7(2)11-12-10)5-9(6)13(14)15/h3-5,7H,1-2H3/t7-/m0/s1. The van der Waals surface area contributed by atoms with E-state index in [4.69, 9.17) is 5.53 Å². The third kappa shape index (κ3) is 2.45. The largest absolute Gasteiger partial charge is 0.272 e. The Morgan fingerprint density at radius 3 is 2.80 bits per heavy atom. The minimum absolute atomic E-state index is 0.0486. The molecule has 0 aliphatic rings. The molecule has 0 bridgehead atoms. The molecule has 0 N–H and O–H groups in total. The summed E-state index contributed by atoms with van der Waals surface area (Å²) in [5.41, 5.74) is 9.54. The second-order valence-electron chi connectivity index (χ2n) is 3.18. The number of nitro groups is 1. The minimum atomic E-state index is -0.443. The molecule has 6 heteroatoms. The van der Waals surface area contributed by atoms with Crippen LogP contribution >= 0.6 is 0 Å². The molecular formula is C9H10N4O2. The molecule has 0 unspecified atom stereocenters. The first-order chi connectivity index (χ1) is 7.06. The van der Waals surface area contributed by atoms with Crippen molar-refractivity contribution in [3.05, 3.63) is 49.9 Å². The molecule has 15 heavy (non-hydrogen) atoms. The predicted molar refractivity (Wildman–Crippen MR) is 55.4 cm³/mol. The Balaban J connectivity index is 3.18. The van der Waals surface area contributed by atoms with Crippen molar-refractivity contribution in [3.63, 3.8) is 0 Å². The maximum atomic E-state index is 10.7. The van der Waals surface area contributed by atoms with E-state index in [9.17, 15) is 10.1 Å². The molecule has 1 atom stereocenters. The van der Waals surface area contributed by atoms with E-state index in [2.05, 4.69) is 10.0 Å². The van der Waals surface area contributed by atoms with Crippen molar-refractivity contribution >= 4 is 5.69 Å². The fourth-order valence-electron chi connectivity index (χ4n) is 1.23. The average molecular weight is 206 g/mol. The number of hydrogen-bond acceptors (Lipinski definition) is 3. The van der Waals surface area contributed by atoms with E-state index in [1.165, 1.54) is 6.07 Å². The van der Waals surface area contributed by atoms with Crippen LogP contribution in [0.15, 0.2) is 23.3 Å². The van der Waals surface area contributed by atoms with Gasteiger partial charge in [0, 0.05) is 16.5 Å². The maximum absolute atomic E-state index is 10.7. The molecule has 6 nitrogen and oxygen atoms in total. The summed E-state index contributed by atoms with van der Waals surface area (Å²) >= 11 is 0. The lowest BCUT2D eigenvalue weighted by Crippen LogP contribution is -1.95. The van der Waals surface area contributed by atoms with Gasteiger partial charge in [0.15, 0.2) is 0 Å². The monoisotopic (exact) mass is 206 g/mol. The van der Waals surface area contributed by atoms with Crippen LogP contribution < -0.4 is 0 Å². The van der Waals surface area contributed by atoms with E-state index in [0.29, 0.717) is 11.1 Å². The van der Waals surface area contributed by atoms with Crippen molar-refractivity contribution in [3.8, 4) is 0 Å². The third-order valence-corrected chi connectivity index (χ3v) is 2.14. The molecule has 0 aliphatic carbocycles. The fourth-order valence-corrected chi connectivity index (χ4v) is 1.23. The molecular weight excluding hydrogens is 196 g/mol. The zero-order chi connectivity index (χ0) is 11.4. The minimum Gasteiger partial charge on any atom is -0.258 e. The molecule has 78 valence electrons. The van der Waals surface area contributed by atoms with Gasteiger partial charge in [0.05, 0.1) is 11.0 Å². The van der Waals surface area contributed by atoms with Crippen LogP contribution in [0.2, 0.25) is 0 Å². The number of benzene rings is 1. The third-order valence-electron chi connectivity index (χ3n) is 2.14. The van der Waals surface area contributed by atoms with Gasteiger partial charge < -0.3 is 0 Å². The van der Waals surface area contributed by atoms with Gasteiger partial charge in [-0.3, -0.25) is 10.1 Å². The molecule has 0 saturated carbocycles. The Kier molecular flexibility index (Phi) is 3.25. The fraction of sp³-hybridized carbons (Fsp3) is 0.333. The molecule has 0 heterocycles.